The minimum absolute atomic E-state index is 0.347. The van der Waals surface area contributed by atoms with E-state index < -0.39 is 0 Å². The minimum atomic E-state index is -0.363. The summed E-state index contributed by atoms with van der Waals surface area (Å²) in [6.07, 6.45) is 4.27. The second-order valence-electron chi connectivity index (χ2n) is 7.76. The highest BCUT2D eigenvalue weighted by molar-refractivity contribution is 8.18. The zero-order chi connectivity index (χ0) is 21.9. The van der Waals surface area contributed by atoms with Crippen molar-refractivity contribution in [2.45, 2.75) is 6.42 Å². The molecule has 2 saturated heterocycles. The van der Waals surface area contributed by atoms with E-state index in [1.165, 1.54) is 5.56 Å². The summed E-state index contributed by atoms with van der Waals surface area (Å²) in [7, 11) is 0. The number of morpholine rings is 1. The highest BCUT2D eigenvalue weighted by atomic mass is 32.2. The molecule has 3 heterocycles. The number of amides is 2. The second kappa shape index (κ2) is 9.20. The van der Waals surface area contributed by atoms with Crippen LogP contribution in [0.25, 0.3) is 28.2 Å². The quantitative estimate of drug-likeness (QED) is 0.601. The molecule has 1 aromatic heterocycles. The Kier molecular flexibility index (Phi) is 5.98. The standard InChI is InChI=1S/C24H22N4O3S/c29-23-21(32-24(30)27-23)14-17-4-5-20-19(13-17)22(26-15-25-20)18-3-1-2-16(12-18)6-7-28-8-10-31-11-9-28/h1-5,12-15H,6-11H2,(H,27,29,30). The van der Waals surface area contributed by atoms with E-state index in [2.05, 4.69) is 44.5 Å². The Morgan fingerprint density at radius 3 is 2.78 bits per heavy atom. The Hall–Kier alpha value is -3.07. The lowest BCUT2D eigenvalue weighted by Gasteiger charge is -2.26. The van der Waals surface area contributed by atoms with Gasteiger partial charge in [-0.2, -0.15) is 0 Å². The van der Waals surface area contributed by atoms with E-state index in [1.54, 1.807) is 12.4 Å². The molecule has 0 aliphatic carbocycles. The predicted octanol–water partition coefficient (Wildman–Crippen LogP) is 3.50. The zero-order valence-corrected chi connectivity index (χ0v) is 18.2. The highest BCUT2D eigenvalue weighted by Gasteiger charge is 2.25. The molecule has 0 spiro atoms. The van der Waals surface area contributed by atoms with Crippen molar-refractivity contribution >= 4 is 39.9 Å². The van der Waals surface area contributed by atoms with Crippen LogP contribution in [0.2, 0.25) is 0 Å². The number of thioether (sulfide) groups is 1. The number of aromatic nitrogens is 2. The summed E-state index contributed by atoms with van der Waals surface area (Å²) < 4.78 is 5.43. The minimum Gasteiger partial charge on any atom is -0.379 e. The maximum absolute atomic E-state index is 11.9. The van der Waals surface area contributed by atoms with Gasteiger partial charge < -0.3 is 4.74 Å². The van der Waals surface area contributed by atoms with E-state index in [4.69, 9.17) is 4.74 Å². The number of carbonyl (C=O) groups is 2. The highest BCUT2D eigenvalue weighted by Crippen LogP contribution is 2.30. The predicted molar refractivity (Wildman–Crippen MR) is 125 cm³/mol. The van der Waals surface area contributed by atoms with E-state index in [0.717, 1.165) is 78.8 Å². The number of nitrogens with one attached hydrogen (secondary N) is 1. The Bertz CT molecular complexity index is 1220. The number of nitrogens with zero attached hydrogens (tertiary/aromatic N) is 3. The van der Waals surface area contributed by atoms with Crippen molar-refractivity contribution < 1.29 is 14.3 Å². The Balaban J connectivity index is 1.44. The molecule has 0 unspecified atom stereocenters. The maximum atomic E-state index is 11.9. The monoisotopic (exact) mass is 446 g/mol. The van der Waals surface area contributed by atoms with Gasteiger partial charge in [-0.15, -0.1) is 0 Å². The van der Waals surface area contributed by atoms with Crippen molar-refractivity contribution in [3.63, 3.8) is 0 Å². The molecular weight excluding hydrogens is 424 g/mol. The van der Waals surface area contributed by atoms with Crippen LogP contribution in [0.1, 0.15) is 11.1 Å². The number of carbonyl (C=O) groups excluding carboxylic acids is 2. The average Bonchev–Trinajstić information content (AvgIpc) is 3.14. The molecule has 0 atom stereocenters. The number of benzene rings is 2. The van der Waals surface area contributed by atoms with Crippen LogP contribution < -0.4 is 5.32 Å². The van der Waals surface area contributed by atoms with E-state index >= 15 is 0 Å². The molecule has 3 aromatic rings. The first kappa shape index (κ1) is 20.8. The molecule has 162 valence electrons. The number of rotatable bonds is 5. The molecule has 32 heavy (non-hydrogen) atoms. The summed E-state index contributed by atoms with van der Waals surface area (Å²) in [5.74, 6) is -0.363. The summed E-state index contributed by atoms with van der Waals surface area (Å²) in [6, 6.07) is 14.2. The van der Waals surface area contributed by atoms with Gasteiger partial charge in [-0.25, -0.2) is 9.97 Å². The van der Waals surface area contributed by atoms with Crippen LogP contribution in [-0.2, 0) is 16.0 Å². The second-order valence-corrected chi connectivity index (χ2v) is 8.77. The Morgan fingerprint density at radius 2 is 1.97 bits per heavy atom. The van der Waals surface area contributed by atoms with Crippen LogP contribution in [0.5, 0.6) is 0 Å². The Labute approximate surface area is 189 Å². The van der Waals surface area contributed by atoms with Gasteiger partial charge in [0.25, 0.3) is 11.1 Å². The van der Waals surface area contributed by atoms with Gasteiger partial charge in [0.15, 0.2) is 0 Å². The van der Waals surface area contributed by atoms with Gasteiger partial charge in [0.2, 0.25) is 0 Å². The van der Waals surface area contributed by atoms with E-state index in [0.29, 0.717) is 4.91 Å². The molecule has 0 saturated carbocycles. The molecule has 2 aliphatic heterocycles. The molecule has 0 bridgehead atoms. The first-order valence-corrected chi connectivity index (χ1v) is 11.4. The Morgan fingerprint density at radius 1 is 1.09 bits per heavy atom. The fourth-order valence-electron chi connectivity index (χ4n) is 3.95. The number of hydrogen-bond donors (Lipinski definition) is 1. The van der Waals surface area contributed by atoms with Crippen molar-refractivity contribution in [1.82, 2.24) is 20.2 Å². The van der Waals surface area contributed by atoms with Crippen LogP contribution in [-0.4, -0.2) is 58.9 Å². The molecule has 2 aromatic carbocycles. The van der Waals surface area contributed by atoms with Crippen LogP contribution in [0.3, 0.4) is 0 Å². The van der Waals surface area contributed by atoms with E-state index in [9.17, 15) is 9.59 Å². The summed E-state index contributed by atoms with van der Waals surface area (Å²) in [4.78, 5) is 35.1. The summed E-state index contributed by atoms with van der Waals surface area (Å²) in [5.41, 5.74) is 4.80. The van der Waals surface area contributed by atoms with Gasteiger partial charge in [0, 0.05) is 30.6 Å². The molecule has 7 nitrogen and oxygen atoms in total. The van der Waals surface area contributed by atoms with Crippen molar-refractivity contribution in [2.75, 3.05) is 32.8 Å². The van der Waals surface area contributed by atoms with Gasteiger partial charge in [-0.3, -0.25) is 19.8 Å². The summed E-state index contributed by atoms with van der Waals surface area (Å²) in [6.45, 7) is 4.58. The third kappa shape index (κ3) is 4.57. The number of ether oxygens (including phenoxy) is 1. The lowest BCUT2D eigenvalue weighted by molar-refractivity contribution is -0.115. The van der Waals surface area contributed by atoms with Crippen molar-refractivity contribution in [2.24, 2.45) is 0 Å². The molecule has 2 fully saturated rings. The summed E-state index contributed by atoms with van der Waals surface area (Å²) in [5, 5.41) is 2.84. The van der Waals surface area contributed by atoms with Crippen LogP contribution >= 0.6 is 11.8 Å². The number of fused-ring (bicyclic) bond motifs is 1. The molecule has 2 amide bonds. The van der Waals surface area contributed by atoms with Crippen LogP contribution in [0.15, 0.2) is 53.7 Å². The van der Waals surface area contributed by atoms with Gasteiger partial charge in [-0.05, 0) is 53.6 Å². The van der Waals surface area contributed by atoms with Crippen LogP contribution in [0, 0.1) is 0 Å². The zero-order valence-electron chi connectivity index (χ0n) is 17.4. The molecule has 2 aliphatic rings. The van der Waals surface area contributed by atoms with Gasteiger partial charge in [0.05, 0.1) is 29.3 Å². The van der Waals surface area contributed by atoms with E-state index in [-0.39, 0.29) is 11.1 Å². The van der Waals surface area contributed by atoms with Gasteiger partial charge in [0.1, 0.15) is 6.33 Å². The fourth-order valence-corrected chi connectivity index (χ4v) is 4.63. The number of imide groups is 1. The first-order chi connectivity index (χ1) is 15.7. The third-order valence-electron chi connectivity index (χ3n) is 5.62. The molecule has 1 N–H and O–H groups in total. The van der Waals surface area contributed by atoms with Crippen molar-refractivity contribution in [3.05, 3.63) is 64.8 Å². The molecule has 0 radical (unpaired) electrons. The van der Waals surface area contributed by atoms with Gasteiger partial charge in [-0.1, -0.05) is 24.3 Å². The molecule has 5 rings (SSSR count). The smallest absolute Gasteiger partial charge is 0.290 e. The summed E-state index contributed by atoms with van der Waals surface area (Å²) >= 11 is 0.912. The van der Waals surface area contributed by atoms with Gasteiger partial charge >= 0.3 is 0 Å². The van der Waals surface area contributed by atoms with Crippen molar-refractivity contribution in [3.8, 4) is 11.3 Å². The third-order valence-corrected chi connectivity index (χ3v) is 6.43. The fraction of sp³-hybridized carbons (Fsp3) is 0.250. The topological polar surface area (TPSA) is 84.4 Å². The normalized spacial score (nSPS) is 18.4. The largest absolute Gasteiger partial charge is 0.379 e. The lowest BCUT2D eigenvalue weighted by Crippen LogP contribution is -2.37. The average molecular weight is 447 g/mol. The van der Waals surface area contributed by atoms with Crippen molar-refractivity contribution in [1.29, 1.82) is 0 Å². The van der Waals surface area contributed by atoms with E-state index in [1.807, 2.05) is 18.2 Å². The molecule has 8 heteroatoms. The SMILES string of the molecule is O=C1NC(=O)C(=Cc2ccc3ncnc(-c4cccc(CCN5CCOCC5)c4)c3c2)S1. The molecular formula is C24H22N4O3S. The lowest BCUT2D eigenvalue weighted by atomic mass is 10.0. The van der Waals surface area contributed by atoms with Crippen LogP contribution in [0.4, 0.5) is 4.79 Å². The maximum Gasteiger partial charge on any atom is 0.290 e. The number of hydrogen-bond acceptors (Lipinski definition) is 7. The first-order valence-electron chi connectivity index (χ1n) is 10.5.